The van der Waals surface area contributed by atoms with Crippen LogP contribution in [0.1, 0.15) is 43.9 Å². The lowest BCUT2D eigenvalue weighted by molar-refractivity contribution is -0.134. The molecule has 0 bridgehead atoms. The fourth-order valence-electron chi connectivity index (χ4n) is 5.52. The van der Waals surface area contributed by atoms with Gasteiger partial charge in [-0.2, -0.15) is 0 Å². The molecule has 0 radical (unpaired) electrons. The lowest BCUT2D eigenvalue weighted by Crippen LogP contribution is -2.58. The van der Waals surface area contributed by atoms with Gasteiger partial charge >= 0.3 is 0 Å². The average molecular weight is 729 g/mol. The van der Waals surface area contributed by atoms with E-state index < -0.39 is 94.3 Å². The minimum absolute atomic E-state index is 0.0460. The molecule has 52 heavy (non-hydrogen) atoms. The highest BCUT2D eigenvalue weighted by Gasteiger charge is 2.50. The first-order valence-corrected chi connectivity index (χ1v) is 16.4. The number of nitrogens with one attached hydrogen (secondary N) is 3. The molecule has 276 valence electrons. The first kappa shape index (κ1) is 39.4. The molecule has 1 heterocycles. The predicted octanol–water partition coefficient (Wildman–Crippen LogP) is 4.95. The third kappa shape index (κ3) is 9.92. The number of halogens is 5. The number of azide groups is 1. The van der Waals surface area contributed by atoms with E-state index in [2.05, 4.69) is 26.0 Å². The quantitative estimate of drug-likeness (QED) is 0.0340. The number of amides is 3. The van der Waals surface area contributed by atoms with Crippen LogP contribution in [0.25, 0.3) is 10.4 Å². The zero-order valence-electron chi connectivity index (χ0n) is 28.5. The number of carbonyl (C=O) groups is 4. The maximum absolute atomic E-state index is 14.9. The summed E-state index contributed by atoms with van der Waals surface area (Å²) in [5.41, 5.74) is 7.72. The Balaban J connectivity index is 1.69. The maximum Gasteiger partial charge on any atom is 0.243 e. The van der Waals surface area contributed by atoms with Crippen molar-refractivity contribution in [2.45, 2.75) is 76.2 Å². The highest BCUT2D eigenvalue weighted by Crippen LogP contribution is 2.30. The van der Waals surface area contributed by atoms with E-state index in [4.69, 9.17) is 10.3 Å². The fraction of sp³-hybridized carbons (Fsp3) is 0.389. The number of Topliss-reactive ketones (excluding diaryl/α,β-unsaturated/α-hetero) is 1. The van der Waals surface area contributed by atoms with Crippen molar-refractivity contribution in [3.05, 3.63) is 117 Å². The number of epoxide rings is 1. The number of carbonyl (C=O) groups excluding carboxylic acids is 4. The lowest BCUT2D eigenvalue weighted by Gasteiger charge is -2.27. The van der Waals surface area contributed by atoms with Gasteiger partial charge < -0.3 is 20.7 Å². The Labute approximate surface area is 295 Å². The molecule has 0 aromatic heterocycles. The second-order valence-electron chi connectivity index (χ2n) is 13.0. The van der Waals surface area contributed by atoms with E-state index in [1.165, 1.54) is 6.92 Å². The van der Waals surface area contributed by atoms with Gasteiger partial charge in [-0.1, -0.05) is 79.6 Å². The normalized spacial score (nSPS) is 17.2. The zero-order valence-corrected chi connectivity index (χ0v) is 28.5. The Morgan fingerprint density at radius 3 is 1.65 bits per heavy atom. The molecule has 0 saturated carbocycles. The van der Waals surface area contributed by atoms with Crippen LogP contribution in [0.4, 0.5) is 22.0 Å². The van der Waals surface area contributed by atoms with Crippen molar-refractivity contribution in [1.29, 1.82) is 0 Å². The smallest absolute Gasteiger partial charge is 0.243 e. The summed E-state index contributed by atoms with van der Waals surface area (Å²) in [6.45, 7) is 5.09. The number of benzene rings is 3. The van der Waals surface area contributed by atoms with Gasteiger partial charge in [-0.25, -0.2) is 22.0 Å². The molecule has 4 rings (SSSR count). The SMILES string of the molecule is CC(C)C[C@H](NC(=O)[C@H](Cc1c(F)c(F)c(F)c(F)c1F)NC(=O)[C@H](Cc1ccccc1)NC(=O)[C@H](Cc1ccccc1)N=[N+]=[N-])C(=O)[C@]1(C)CO1. The van der Waals surface area contributed by atoms with E-state index in [1.54, 1.807) is 74.5 Å². The Bertz CT molecular complexity index is 1810. The van der Waals surface area contributed by atoms with Crippen LogP contribution in [0.15, 0.2) is 65.8 Å². The van der Waals surface area contributed by atoms with Gasteiger partial charge in [0.1, 0.15) is 23.7 Å². The van der Waals surface area contributed by atoms with Crippen molar-refractivity contribution in [2.24, 2.45) is 11.0 Å². The van der Waals surface area contributed by atoms with Crippen LogP contribution < -0.4 is 16.0 Å². The van der Waals surface area contributed by atoms with Crippen LogP contribution in [0.3, 0.4) is 0 Å². The molecule has 11 nitrogen and oxygen atoms in total. The standard InChI is InChI=1S/C36H37F5N6O5/c1-19(2)14-23(32(48)36(3)18-52-36)43-34(50)25(17-22-27(37)29(39)31(41)30(40)28(22)38)45-33(49)24(15-20-10-6-4-7-11-20)44-35(51)26(46-47-42)16-21-12-8-5-9-13-21/h4-13,19,23-26H,14-18H2,1-3H3,(H,43,50)(H,44,51)(H,45,49)/t23-,24-,25-,26-,36-/m0/s1. The van der Waals surface area contributed by atoms with Gasteiger partial charge in [-0.15, -0.1) is 0 Å². The third-order valence-electron chi connectivity index (χ3n) is 8.46. The first-order valence-electron chi connectivity index (χ1n) is 16.4. The molecule has 5 atom stereocenters. The fourth-order valence-corrected chi connectivity index (χ4v) is 5.52. The van der Waals surface area contributed by atoms with Crippen molar-refractivity contribution >= 4 is 23.5 Å². The summed E-state index contributed by atoms with van der Waals surface area (Å²) < 4.78 is 77.4. The predicted molar refractivity (Wildman–Crippen MR) is 178 cm³/mol. The Morgan fingerprint density at radius 2 is 1.17 bits per heavy atom. The number of rotatable bonds is 17. The average Bonchev–Trinajstić information content (AvgIpc) is 3.88. The molecule has 1 aliphatic heterocycles. The Kier molecular flexibility index (Phi) is 13.1. The van der Waals surface area contributed by atoms with Gasteiger partial charge in [0.25, 0.3) is 0 Å². The summed E-state index contributed by atoms with van der Waals surface area (Å²) in [7, 11) is 0. The van der Waals surface area contributed by atoms with Crippen LogP contribution in [-0.4, -0.2) is 59.9 Å². The summed E-state index contributed by atoms with van der Waals surface area (Å²) >= 11 is 0. The third-order valence-corrected chi connectivity index (χ3v) is 8.46. The summed E-state index contributed by atoms with van der Waals surface area (Å²) in [5, 5.41) is 10.8. The molecule has 3 aromatic rings. The molecule has 3 amide bonds. The van der Waals surface area contributed by atoms with Crippen LogP contribution in [0.2, 0.25) is 0 Å². The summed E-state index contributed by atoms with van der Waals surface area (Å²) in [5.74, 6) is -15.2. The van der Waals surface area contributed by atoms with Crippen LogP contribution in [-0.2, 0) is 43.2 Å². The molecule has 1 aliphatic rings. The van der Waals surface area contributed by atoms with Crippen molar-refractivity contribution in [3.63, 3.8) is 0 Å². The number of hydrogen-bond acceptors (Lipinski definition) is 6. The highest BCUT2D eigenvalue weighted by molar-refractivity contribution is 5.98. The molecule has 0 aliphatic carbocycles. The van der Waals surface area contributed by atoms with Crippen molar-refractivity contribution in [1.82, 2.24) is 16.0 Å². The first-order chi connectivity index (χ1) is 24.6. The Morgan fingerprint density at radius 1 is 0.731 bits per heavy atom. The minimum Gasteiger partial charge on any atom is -0.361 e. The summed E-state index contributed by atoms with van der Waals surface area (Å²) in [6, 6.07) is 10.7. The van der Waals surface area contributed by atoms with Gasteiger partial charge in [0, 0.05) is 23.3 Å². The molecule has 3 N–H and O–H groups in total. The number of hydrogen-bond donors (Lipinski definition) is 3. The number of nitrogens with zero attached hydrogens (tertiary/aromatic N) is 3. The molecule has 1 saturated heterocycles. The van der Waals surface area contributed by atoms with Gasteiger partial charge in [0.2, 0.25) is 23.5 Å². The Hall–Kier alpha value is -5.34. The topological polar surface area (TPSA) is 166 Å². The molecule has 0 spiro atoms. The molecular weight excluding hydrogens is 691 g/mol. The summed E-state index contributed by atoms with van der Waals surface area (Å²) in [6.07, 6.45) is -1.40. The van der Waals surface area contributed by atoms with Gasteiger partial charge in [-0.3, -0.25) is 19.2 Å². The van der Waals surface area contributed by atoms with Crippen molar-refractivity contribution < 1.29 is 45.9 Å². The number of ether oxygens (including phenoxy) is 1. The van der Waals surface area contributed by atoms with Crippen LogP contribution in [0, 0.1) is 35.0 Å². The van der Waals surface area contributed by atoms with Gasteiger partial charge in [-0.05, 0) is 42.3 Å². The van der Waals surface area contributed by atoms with E-state index in [-0.39, 0.29) is 31.8 Å². The van der Waals surface area contributed by atoms with Crippen LogP contribution >= 0.6 is 0 Å². The molecule has 16 heteroatoms. The van der Waals surface area contributed by atoms with Gasteiger partial charge in [0.15, 0.2) is 29.1 Å². The monoisotopic (exact) mass is 728 g/mol. The zero-order chi connectivity index (χ0) is 38.2. The van der Waals surface area contributed by atoms with Crippen LogP contribution in [0.5, 0.6) is 0 Å². The molecule has 0 unspecified atom stereocenters. The highest BCUT2D eigenvalue weighted by atomic mass is 19.2. The molecule has 3 aromatic carbocycles. The second-order valence-corrected chi connectivity index (χ2v) is 13.0. The van der Waals surface area contributed by atoms with E-state index in [9.17, 15) is 41.1 Å². The van der Waals surface area contributed by atoms with E-state index in [1.807, 2.05) is 0 Å². The van der Waals surface area contributed by atoms with E-state index >= 15 is 0 Å². The largest absolute Gasteiger partial charge is 0.361 e. The minimum atomic E-state index is -2.42. The lowest BCUT2D eigenvalue weighted by atomic mass is 9.92. The number of ketones is 1. The summed E-state index contributed by atoms with van der Waals surface area (Å²) in [4.78, 5) is 57.2. The van der Waals surface area contributed by atoms with Crippen molar-refractivity contribution in [3.8, 4) is 0 Å². The van der Waals surface area contributed by atoms with E-state index in [0.29, 0.717) is 11.1 Å². The van der Waals surface area contributed by atoms with Gasteiger partial charge in [0.05, 0.1) is 12.6 Å². The van der Waals surface area contributed by atoms with E-state index in [0.717, 1.165) is 0 Å². The maximum atomic E-state index is 14.9. The molecule has 1 fully saturated rings. The second kappa shape index (κ2) is 17.2. The molecular formula is C36H37F5N6O5. The van der Waals surface area contributed by atoms with Crippen molar-refractivity contribution in [2.75, 3.05) is 6.61 Å².